The topological polar surface area (TPSA) is 68.8 Å². The highest BCUT2D eigenvalue weighted by Crippen LogP contribution is 2.14. The summed E-state index contributed by atoms with van der Waals surface area (Å²) in [5.74, 6) is 0.843. The number of urea groups is 1. The van der Waals surface area contributed by atoms with Crippen molar-refractivity contribution in [3.8, 4) is 0 Å². The van der Waals surface area contributed by atoms with Gasteiger partial charge in [-0.2, -0.15) is 0 Å². The molecule has 0 saturated carbocycles. The van der Waals surface area contributed by atoms with Crippen LogP contribution in [0.4, 0.5) is 10.5 Å². The molecule has 0 bridgehead atoms. The van der Waals surface area contributed by atoms with E-state index in [0.717, 1.165) is 62.7 Å². The van der Waals surface area contributed by atoms with Crippen molar-refractivity contribution in [2.24, 2.45) is 4.99 Å². The molecule has 3 N–H and O–H groups in total. The van der Waals surface area contributed by atoms with Crippen molar-refractivity contribution < 1.29 is 4.79 Å². The number of hydrogen-bond acceptors (Lipinski definition) is 2. The molecule has 6 nitrogen and oxygen atoms in total. The van der Waals surface area contributed by atoms with Gasteiger partial charge in [0.15, 0.2) is 5.96 Å². The van der Waals surface area contributed by atoms with Crippen LogP contribution in [0.2, 0.25) is 0 Å². The molecule has 1 heterocycles. The van der Waals surface area contributed by atoms with Gasteiger partial charge in [-0.1, -0.05) is 31.9 Å². The van der Waals surface area contributed by atoms with Crippen molar-refractivity contribution >= 4 is 17.7 Å². The predicted molar refractivity (Wildman–Crippen MR) is 109 cm³/mol. The SMILES string of the molecule is CCCCCNC(=NCc1cccc(NC(=O)N2CCCC2)c1)NCC. The van der Waals surface area contributed by atoms with Crippen LogP contribution in [0.25, 0.3) is 0 Å². The quantitative estimate of drug-likeness (QED) is 0.378. The summed E-state index contributed by atoms with van der Waals surface area (Å²) in [6.07, 6.45) is 5.79. The number of carbonyl (C=O) groups is 1. The summed E-state index contributed by atoms with van der Waals surface area (Å²) in [5, 5.41) is 9.64. The molecule has 0 aromatic heterocycles. The van der Waals surface area contributed by atoms with Gasteiger partial charge in [-0.25, -0.2) is 9.79 Å². The summed E-state index contributed by atoms with van der Waals surface area (Å²) in [6, 6.07) is 7.92. The van der Waals surface area contributed by atoms with Gasteiger partial charge in [0.1, 0.15) is 0 Å². The number of amides is 2. The molecule has 6 heteroatoms. The fourth-order valence-corrected chi connectivity index (χ4v) is 2.96. The van der Waals surface area contributed by atoms with Crippen LogP contribution in [-0.2, 0) is 6.54 Å². The minimum absolute atomic E-state index is 0.00548. The van der Waals surface area contributed by atoms with Crippen LogP contribution in [0.5, 0.6) is 0 Å². The highest BCUT2D eigenvalue weighted by molar-refractivity contribution is 5.89. The molecule has 1 aliphatic heterocycles. The van der Waals surface area contributed by atoms with Crippen molar-refractivity contribution in [2.75, 3.05) is 31.5 Å². The molecule has 1 aromatic rings. The van der Waals surface area contributed by atoms with Crippen LogP contribution in [-0.4, -0.2) is 43.1 Å². The van der Waals surface area contributed by atoms with Crippen LogP contribution < -0.4 is 16.0 Å². The van der Waals surface area contributed by atoms with E-state index < -0.39 is 0 Å². The van der Waals surface area contributed by atoms with Gasteiger partial charge in [-0.15, -0.1) is 0 Å². The molecule has 2 rings (SSSR count). The number of unbranched alkanes of at least 4 members (excludes halogenated alkanes) is 2. The van der Waals surface area contributed by atoms with Crippen LogP contribution in [0.1, 0.15) is 51.5 Å². The Hall–Kier alpha value is -2.24. The molecule has 0 radical (unpaired) electrons. The van der Waals surface area contributed by atoms with Crippen LogP contribution in [0, 0.1) is 0 Å². The van der Waals surface area contributed by atoms with Crippen LogP contribution in [0.3, 0.4) is 0 Å². The molecule has 0 spiro atoms. The van der Waals surface area contributed by atoms with E-state index in [-0.39, 0.29) is 6.03 Å². The highest BCUT2D eigenvalue weighted by Gasteiger charge is 2.17. The molecular formula is C20H33N5O. The molecular weight excluding hydrogens is 326 g/mol. The maximum Gasteiger partial charge on any atom is 0.321 e. The zero-order valence-electron chi connectivity index (χ0n) is 16.2. The lowest BCUT2D eigenvalue weighted by atomic mass is 10.2. The Morgan fingerprint density at radius 1 is 1.15 bits per heavy atom. The molecule has 0 unspecified atom stereocenters. The first-order chi connectivity index (χ1) is 12.7. The summed E-state index contributed by atoms with van der Waals surface area (Å²) in [5.41, 5.74) is 1.91. The van der Waals surface area contributed by atoms with E-state index in [1.807, 2.05) is 29.2 Å². The number of guanidine groups is 1. The second kappa shape index (κ2) is 11.4. The molecule has 144 valence electrons. The zero-order valence-corrected chi connectivity index (χ0v) is 16.2. The Bertz CT molecular complexity index is 581. The van der Waals surface area contributed by atoms with E-state index in [1.54, 1.807) is 0 Å². The Morgan fingerprint density at radius 3 is 2.69 bits per heavy atom. The van der Waals surface area contributed by atoms with E-state index in [0.29, 0.717) is 6.54 Å². The van der Waals surface area contributed by atoms with E-state index in [4.69, 9.17) is 0 Å². The van der Waals surface area contributed by atoms with Gasteiger partial charge in [0.25, 0.3) is 0 Å². The largest absolute Gasteiger partial charge is 0.357 e. The first-order valence-corrected chi connectivity index (χ1v) is 9.90. The molecule has 0 aliphatic carbocycles. The Labute approximate surface area is 157 Å². The van der Waals surface area contributed by atoms with Crippen molar-refractivity contribution in [3.05, 3.63) is 29.8 Å². The van der Waals surface area contributed by atoms with Crippen molar-refractivity contribution in [1.29, 1.82) is 0 Å². The van der Waals surface area contributed by atoms with Gasteiger partial charge in [-0.3, -0.25) is 0 Å². The number of carbonyl (C=O) groups excluding carboxylic acids is 1. The Kier molecular flexibility index (Phi) is 8.79. The average molecular weight is 360 g/mol. The number of benzene rings is 1. The minimum Gasteiger partial charge on any atom is -0.357 e. The number of rotatable bonds is 8. The lowest BCUT2D eigenvalue weighted by Gasteiger charge is -2.16. The van der Waals surface area contributed by atoms with Gasteiger partial charge < -0.3 is 20.9 Å². The lowest BCUT2D eigenvalue weighted by molar-refractivity contribution is 0.222. The first kappa shape index (κ1) is 20.1. The van der Waals surface area contributed by atoms with Crippen LogP contribution >= 0.6 is 0 Å². The monoisotopic (exact) mass is 359 g/mol. The maximum atomic E-state index is 12.2. The van der Waals surface area contributed by atoms with Crippen molar-refractivity contribution in [2.45, 2.75) is 52.5 Å². The third-order valence-corrected chi connectivity index (χ3v) is 4.41. The fraction of sp³-hybridized carbons (Fsp3) is 0.600. The van der Waals surface area contributed by atoms with E-state index >= 15 is 0 Å². The minimum atomic E-state index is -0.00548. The number of nitrogens with one attached hydrogen (secondary N) is 3. The number of likely N-dealkylation sites (tertiary alicyclic amines) is 1. The number of nitrogens with zero attached hydrogens (tertiary/aromatic N) is 2. The molecule has 1 saturated heterocycles. The molecule has 26 heavy (non-hydrogen) atoms. The Balaban J connectivity index is 1.89. The number of aliphatic imine (C=N–C) groups is 1. The molecule has 2 amide bonds. The second-order valence-corrected chi connectivity index (χ2v) is 6.65. The van der Waals surface area contributed by atoms with Crippen molar-refractivity contribution in [1.82, 2.24) is 15.5 Å². The smallest absolute Gasteiger partial charge is 0.321 e. The first-order valence-electron chi connectivity index (χ1n) is 9.90. The van der Waals surface area contributed by atoms with Gasteiger partial charge in [0, 0.05) is 31.9 Å². The third kappa shape index (κ3) is 6.94. The third-order valence-electron chi connectivity index (χ3n) is 4.41. The normalized spacial score (nSPS) is 14.4. The summed E-state index contributed by atoms with van der Waals surface area (Å²) >= 11 is 0. The average Bonchev–Trinajstić information content (AvgIpc) is 3.18. The van der Waals surface area contributed by atoms with E-state index in [9.17, 15) is 4.79 Å². The van der Waals surface area contributed by atoms with Gasteiger partial charge in [0.05, 0.1) is 6.54 Å². The highest BCUT2D eigenvalue weighted by atomic mass is 16.2. The maximum absolute atomic E-state index is 12.2. The molecule has 1 aromatic carbocycles. The standard InChI is InChI=1S/C20H33N5O/c1-3-5-6-12-22-19(21-4-2)23-16-17-10-9-11-18(15-17)24-20(26)25-13-7-8-14-25/h9-11,15H,3-8,12-14,16H2,1-2H3,(H,24,26)(H2,21,22,23). The lowest BCUT2D eigenvalue weighted by Crippen LogP contribution is -2.37. The van der Waals surface area contributed by atoms with Crippen molar-refractivity contribution in [3.63, 3.8) is 0 Å². The number of hydrogen-bond donors (Lipinski definition) is 3. The van der Waals surface area contributed by atoms with Crippen LogP contribution in [0.15, 0.2) is 29.3 Å². The summed E-state index contributed by atoms with van der Waals surface area (Å²) in [4.78, 5) is 18.7. The summed E-state index contributed by atoms with van der Waals surface area (Å²) < 4.78 is 0. The van der Waals surface area contributed by atoms with E-state index in [1.165, 1.54) is 12.8 Å². The molecule has 1 aliphatic rings. The second-order valence-electron chi connectivity index (χ2n) is 6.65. The zero-order chi connectivity index (χ0) is 18.6. The predicted octanol–water partition coefficient (Wildman–Crippen LogP) is 3.56. The summed E-state index contributed by atoms with van der Waals surface area (Å²) in [7, 11) is 0. The molecule has 0 atom stereocenters. The fourth-order valence-electron chi connectivity index (χ4n) is 2.96. The number of anilines is 1. The van der Waals surface area contributed by atoms with Gasteiger partial charge >= 0.3 is 6.03 Å². The van der Waals surface area contributed by atoms with E-state index in [2.05, 4.69) is 34.8 Å². The Morgan fingerprint density at radius 2 is 1.96 bits per heavy atom. The van der Waals surface area contributed by atoms with Gasteiger partial charge in [0.2, 0.25) is 0 Å². The van der Waals surface area contributed by atoms with Gasteiger partial charge in [-0.05, 0) is 43.9 Å². The molecule has 1 fully saturated rings. The summed E-state index contributed by atoms with van der Waals surface area (Å²) in [6.45, 7) is 8.33.